The average Bonchev–Trinajstić information content (AvgIpc) is 3.23. The Labute approximate surface area is 143 Å². The Bertz CT molecular complexity index is 1060. The second-order valence-electron chi connectivity index (χ2n) is 6.63. The van der Waals surface area contributed by atoms with Gasteiger partial charge in [0.2, 0.25) is 5.95 Å². The quantitative estimate of drug-likeness (QED) is 0.597. The van der Waals surface area contributed by atoms with Crippen molar-refractivity contribution in [2.24, 2.45) is 0 Å². The average molecular weight is 336 g/mol. The Morgan fingerprint density at radius 1 is 1.32 bits per heavy atom. The maximum atomic E-state index is 14.1. The molecule has 1 aliphatic carbocycles. The molecule has 1 saturated carbocycles. The van der Waals surface area contributed by atoms with Crippen LogP contribution in [0.1, 0.15) is 19.3 Å². The van der Waals surface area contributed by atoms with Crippen LogP contribution in [0, 0.1) is 0 Å². The van der Waals surface area contributed by atoms with E-state index < -0.39 is 5.67 Å². The van der Waals surface area contributed by atoms with Crippen LogP contribution in [0.5, 0.6) is 0 Å². The molecule has 0 unspecified atom stereocenters. The minimum Gasteiger partial charge on any atom is -0.351 e. The maximum absolute atomic E-state index is 14.1. The normalized spacial score (nSPS) is 16.2. The number of H-pyrrole nitrogens is 1. The van der Waals surface area contributed by atoms with Gasteiger partial charge in [-0.2, -0.15) is 10.1 Å². The summed E-state index contributed by atoms with van der Waals surface area (Å²) in [4.78, 5) is 12.0. The van der Waals surface area contributed by atoms with Crippen LogP contribution >= 0.6 is 0 Å². The van der Waals surface area contributed by atoms with Gasteiger partial charge in [-0.05, 0) is 43.0 Å². The van der Waals surface area contributed by atoms with E-state index in [0.717, 1.165) is 34.1 Å². The number of nitrogens with one attached hydrogen (secondary N) is 2. The molecule has 0 saturated heterocycles. The van der Waals surface area contributed by atoms with Gasteiger partial charge in [0.25, 0.3) is 0 Å². The predicted octanol–water partition coefficient (Wildman–Crippen LogP) is 3.58. The third-order valence-electron chi connectivity index (χ3n) is 4.96. The van der Waals surface area contributed by atoms with Crippen LogP contribution in [0.25, 0.3) is 27.7 Å². The van der Waals surface area contributed by atoms with Crippen LogP contribution in [0.2, 0.25) is 0 Å². The van der Waals surface area contributed by atoms with Crippen LogP contribution in [0.3, 0.4) is 0 Å². The number of aromatic amines is 1. The van der Waals surface area contributed by atoms with Gasteiger partial charge in [0.1, 0.15) is 11.3 Å². The molecule has 2 N–H and O–H groups in total. The molecule has 0 aromatic carbocycles. The zero-order chi connectivity index (χ0) is 16.9. The van der Waals surface area contributed by atoms with E-state index in [2.05, 4.69) is 31.4 Å². The van der Waals surface area contributed by atoms with Gasteiger partial charge >= 0.3 is 0 Å². The first kappa shape index (κ1) is 14.4. The number of alkyl halides is 1. The van der Waals surface area contributed by atoms with Gasteiger partial charge in [-0.15, -0.1) is 0 Å². The van der Waals surface area contributed by atoms with Crippen LogP contribution < -0.4 is 5.32 Å². The SMILES string of the molecule is FC1(CNc2ncc3c(-c4ccn5nccc5c4)c[nH]c3n2)CCC1. The molecule has 0 amide bonds. The van der Waals surface area contributed by atoms with Gasteiger partial charge in [0.15, 0.2) is 0 Å². The summed E-state index contributed by atoms with van der Waals surface area (Å²) in [5.74, 6) is 0.455. The number of nitrogens with zero attached hydrogens (tertiary/aromatic N) is 4. The molecule has 1 fully saturated rings. The van der Waals surface area contributed by atoms with E-state index in [1.807, 2.05) is 29.0 Å². The van der Waals surface area contributed by atoms with Crippen molar-refractivity contribution in [2.75, 3.05) is 11.9 Å². The van der Waals surface area contributed by atoms with Crippen molar-refractivity contribution in [2.45, 2.75) is 24.9 Å². The molecule has 0 bridgehead atoms. The molecular weight excluding hydrogens is 319 g/mol. The minimum atomic E-state index is -1.10. The van der Waals surface area contributed by atoms with E-state index in [-0.39, 0.29) is 6.54 Å². The highest BCUT2D eigenvalue weighted by molar-refractivity contribution is 5.94. The van der Waals surface area contributed by atoms with E-state index in [0.29, 0.717) is 18.8 Å². The molecule has 4 aromatic heterocycles. The van der Waals surface area contributed by atoms with E-state index in [9.17, 15) is 4.39 Å². The molecule has 0 aliphatic heterocycles. The molecule has 1 aliphatic rings. The maximum Gasteiger partial charge on any atom is 0.224 e. The largest absolute Gasteiger partial charge is 0.351 e. The van der Waals surface area contributed by atoms with Gasteiger partial charge in [0.05, 0.1) is 12.1 Å². The smallest absolute Gasteiger partial charge is 0.224 e. The lowest BCUT2D eigenvalue weighted by atomic mass is 9.82. The number of anilines is 1. The summed E-state index contributed by atoms with van der Waals surface area (Å²) in [7, 11) is 0. The monoisotopic (exact) mass is 336 g/mol. The third kappa shape index (κ3) is 2.43. The topological polar surface area (TPSA) is 70.9 Å². The second kappa shape index (κ2) is 5.27. The minimum absolute atomic E-state index is 0.268. The lowest BCUT2D eigenvalue weighted by molar-refractivity contribution is 0.0782. The lowest BCUT2D eigenvalue weighted by Gasteiger charge is -2.33. The van der Waals surface area contributed by atoms with Crippen molar-refractivity contribution in [3.63, 3.8) is 0 Å². The van der Waals surface area contributed by atoms with Gasteiger partial charge in [0, 0.05) is 35.7 Å². The third-order valence-corrected chi connectivity index (χ3v) is 4.96. The Hall–Kier alpha value is -2.96. The number of pyridine rings is 1. The first-order valence-electron chi connectivity index (χ1n) is 8.41. The Kier molecular flexibility index (Phi) is 3.03. The van der Waals surface area contributed by atoms with Gasteiger partial charge in [-0.1, -0.05) is 0 Å². The van der Waals surface area contributed by atoms with Crippen molar-refractivity contribution in [3.8, 4) is 11.1 Å². The molecule has 25 heavy (non-hydrogen) atoms. The van der Waals surface area contributed by atoms with E-state index in [1.54, 1.807) is 12.4 Å². The van der Waals surface area contributed by atoms with Crippen molar-refractivity contribution in [1.82, 2.24) is 24.6 Å². The van der Waals surface area contributed by atoms with Gasteiger partial charge < -0.3 is 10.3 Å². The summed E-state index contributed by atoms with van der Waals surface area (Å²) in [5, 5.41) is 8.17. The van der Waals surface area contributed by atoms with Crippen molar-refractivity contribution in [3.05, 3.63) is 43.0 Å². The highest BCUT2D eigenvalue weighted by atomic mass is 19.1. The van der Waals surface area contributed by atoms with E-state index >= 15 is 0 Å². The molecule has 4 aromatic rings. The number of hydrogen-bond acceptors (Lipinski definition) is 4. The van der Waals surface area contributed by atoms with Crippen LogP contribution in [0.4, 0.5) is 10.3 Å². The molecule has 126 valence electrons. The van der Waals surface area contributed by atoms with Crippen LogP contribution in [0.15, 0.2) is 43.0 Å². The van der Waals surface area contributed by atoms with Gasteiger partial charge in [-0.3, -0.25) is 0 Å². The Morgan fingerprint density at radius 3 is 3.08 bits per heavy atom. The summed E-state index contributed by atoms with van der Waals surface area (Å²) in [6.07, 6.45) is 9.60. The summed E-state index contributed by atoms with van der Waals surface area (Å²) in [6, 6.07) is 6.05. The molecule has 0 radical (unpaired) electrons. The second-order valence-corrected chi connectivity index (χ2v) is 6.63. The summed E-state index contributed by atoms with van der Waals surface area (Å²) >= 11 is 0. The summed E-state index contributed by atoms with van der Waals surface area (Å²) in [6.45, 7) is 0.268. The van der Waals surface area contributed by atoms with Crippen molar-refractivity contribution < 1.29 is 4.39 Å². The Morgan fingerprint density at radius 2 is 2.24 bits per heavy atom. The molecule has 6 nitrogen and oxygen atoms in total. The standard InChI is InChI=1S/C18H17FN6/c19-18(4-1-5-18)11-22-17-21-10-15-14(9-20-16(15)24-17)12-3-7-25-13(8-12)2-6-23-25/h2-3,6-10H,1,4-5,11H2,(H2,20,21,22,24). The number of halogens is 1. The first-order chi connectivity index (χ1) is 12.2. The number of fused-ring (bicyclic) bond motifs is 2. The molecule has 0 spiro atoms. The summed E-state index contributed by atoms with van der Waals surface area (Å²) in [5.41, 5.74) is 2.77. The highest BCUT2D eigenvalue weighted by Gasteiger charge is 2.36. The van der Waals surface area contributed by atoms with Gasteiger partial charge in [-0.25, -0.2) is 13.9 Å². The molecule has 0 atom stereocenters. The Balaban J connectivity index is 1.46. The molecule has 5 rings (SSSR count). The number of aromatic nitrogens is 5. The van der Waals surface area contributed by atoms with Crippen molar-refractivity contribution in [1.29, 1.82) is 0 Å². The fraction of sp³-hybridized carbons (Fsp3) is 0.278. The number of rotatable bonds is 4. The fourth-order valence-electron chi connectivity index (χ4n) is 3.30. The zero-order valence-electron chi connectivity index (χ0n) is 13.5. The molecule has 4 heterocycles. The summed E-state index contributed by atoms with van der Waals surface area (Å²) < 4.78 is 15.9. The fourth-order valence-corrected chi connectivity index (χ4v) is 3.30. The predicted molar refractivity (Wildman–Crippen MR) is 94.3 cm³/mol. The van der Waals surface area contributed by atoms with Crippen LogP contribution in [-0.2, 0) is 0 Å². The first-order valence-corrected chi connectivity index (χ1v) is 8.41. The highest BCUT2D eigenvalue weighted by Crippen LogP contribution is 2.35. The van der Waals surface area contributed by atoms with Crippen LogP contribution in [-0.4, -0.2) is 36.8 Å². The van der Waals surface area contributed by atoms with E-state index in [4.69, 9.17) is 0 Å². The number of hydrogen-bond donors (Lipinski definition) is 2. The lowest BCUT2D eigenvalue weighted by Crippen LogP contribution is -2.39. The molecule has 7 heteroatoms. The zero-order valence-corrected chi connectivity index (χ0v) is 13.5. The van der Waals surface area contributed by atoms with E-state index in [1.165, 1.54) is 0 Å². The van der Waals surface area contributed by atoms with Crippen molar-refractivity contribution >= 4 is 22.5 Å². The molecular formula is C18H17FN6.